The molecule has 0 aliphatic rings. The van der Waals surface area contributed by atoms with Crippen LogP contribution in [0.5, 0.6) is 0 Å². The molecule has 12 heteroatoms. The summed E-state index contributed by atoms with van der Waals surface area (Å²) in [5.74, 6) is -5.99. The van der Waals surface area contributed by atoms with Crippen molar-refractivity contribution >= 4 is 40.7 Å². The molecule has 7 nitrogen and oxygen atoms in total. The molecule has 0 saturated carbocycles. The van der Waals surface area contributed by atoms with E-state index < -0.39 is 35.4 Å². The summed E-state index contributed by atoms with van der Waals surface area (Å²) in [6.45, 7) is -0.379. The van der Waals surface area contributed by atoms with Gasteiger partial charge in [-0.3, -0.25) is 4.79 Å². The SMILES string of the molecule is CC(O)(c1ccc(Cl)cc1)C(F)(F)CNC(=O)c1c(Cl)ccc(-c2ccn3nc(N)nc3c2)c1F. The second kappa shape index (κ2) is 9.03. The summed E-state index contributed by atoms with van der Waals surface area (Å²) in [6.07, 6.45) is 1.50. The Bertz CT molecular complexity index is 1420. The summed E-state index contributed by atoms with van der Waals surface area (Å²) in [5.41, 5.74) is 2.85. The number of benzene rings is 2. The van der Waals surface area contributed by atoms with Crippen LogP contribution in [0.15, 0.2) is 54.7 Å². The van der Waals surface area contributed by atoms with Crippen molar-refractivity contribution in [2.75, 3.05) is 12.3 Å². The molecule has 35 heavy (non-hydrogen) atoms. The Morgan fingerprint density at radius 3 is 2.54 bits per heavy atom. The lowest BCUT2D eigenvalue weighted by Crippen LogP contribution is -2.50. The highest BCUT2D eigenvalue weighted by Crippen LogP contribution is 2.38. The van der Waals surface area contributed by atoms with E-state index >= 15 is 4.39 Å². The number of anilines is 1. The van der Waals surface area contributed by atoms with E-state index in [2.05, 4.69) is 10.1 Å². The third-order valence-corrected chi connectivity index (χ3v) is 6.14. The molecule has 0 aliphatic heterocycles. The van der Waals surface area contributed by atoms with Crippen LogP contribution in [0.3, 0.4) is 0 Å². The van der Waals surface area contributed by atoms with Gasteiger partial charge >= 0.3 is 0 Å². The highest BCUT2D eigenvalue weighted by molar-refractivity contribution is 6.34. The number of nitrogens with one attached hydrogen (secondary N) is 1. The first-order valence-corrected chi connectivity index (χ1v) is 10.9. The van der Waals surface area contributed by atoms with Crippen LogP contribution >= 0.6 is 23.2 Å². The van der Waals surface area contributed by atoms with Crippen LogP contribution in [0, 0.1) is 5.82 Å². The van der Waals surface area contributed by atoms with Crippen LogP contribution < -0.4 is 11.1 Å². The maximum atomic E-state index is 15.4. The highest BCUT2D eigenvalue weighted by Gasteiger charge is 2.50. The molecule has 0 spiro atoms. The normalized spacial score (nSPS) is 13.6. The van der Waals surface area contributed by atoms with Gasteiger partial charge in [-0.2, -0.15) is 4.98 Å². The number of rotatable bonds is 6. The van der Waals surface area contributed by atoms with Gasteiger partial charge < -0.3 is 16.2 Å². The van der Waals surface area contributed by atoms with Crippen molar-refractivity contribution in [1.82, 2.24) is 19.9 Å². The Morgan fingerprint density at radius 1 is 1.17 bits per heavy atom. The minimum atomic E-state index is -3.82. The molecule has 4 N–H and O–H groups in total. The van der Waals surface area contributed by atoms with Crippen molar-refractivity contribution in [2.24, 2.45) is 0 Å². The Balaban J connectivity index is 1.60. The minimum absolute atomic E-state index is 0.0106. The lowest BCUT2D eigenvalue weighted by Gasteiger charge is -2.33. The zero-order chi connectivity index (χ0) is 25.5. The van der Waals surface area contributed by atoms with Gasteiger partial charge in [0.25, 0.3) is 11.8 Å². The number of aliphatic hydroxyl groups is 1. The summed E-state index contributed by atoms with van der Waals surface area (Å²) in [7, 11) is 0. The van der Waals surface area contributed by atoms with Gasteiger partial charge in [-0.25, -0.2) is 17.7 Å². The van der Waals surface area contributed by atoms with Gasteiger partial charge in [0.05, 0.1) is 17.1 Å². The second-order valence-electron chi connectivity index (χ2n) is 7.94. The summed E-state index contributed by atoms with van der Waals surface area (Å²) in [5, 5.41) is 16.4. The summed E-state index contributed by atoms with van der Waals surface area (Å²) >= 11 is 11.8. The molecule has 4 rings (SSSR count). The molecular weight excluding hydrogens is 506 g/mol. The van der Waals surface area contributed by atoms with Crippen molar-refractivity contribution in [3.8, 4) is 11.1 Å². The Hall–Kier alpha value is -3.34. The average molecular weight is 524 g/mol. The number of hydrogen-bond donors (Lipinski definition) is 3. The first kappa shape index (κ1) is 24.8. The highest BCUT2D eigenvalue weighted by atomic mass is 35.5. The fourth-order valence-corrected chi connectivity index (χ4v) is 3.85. The van der Waals surface area contributed by atoms with Crippen molar-refractivity contribution < 1.29 is 23.1 Å². The lowest BCUT2D eigenvalue weighted by atomic mass is 9.89. The standard InChI is InChI=1S/C23H18Cl2F3N5O2/c1-22(35,13-2-4-14(24)5-3-13)23(27,28)11-30-20(34)18-16(25)7-6-15(19(18)26)12-8-9-33-17(10-12)31-21(29)32-33/h2-10,35H,11H2,1H3,(H2,29,32)(H,30,34). The Kier molecular flexibility index (Phi) is 6.39. The molecule has 0 aliphatic carbocycles. The van der Waals surface area contributed by atoms with E-state index in [1.54, 1.807) is 0 Å². The van der Waals surface area contributed by atoms with Gasteiger partial charge in [0.15, 0.2) is 11.2 Å². The van der Waals surface area contributed by atoms with Gasteiger partial charge in [-0.1, -0.05) is 35.3 Å². The van der Waals surface area contributed by atoms with E-state index in [0.29, 0.717) is 16.2 Å². The number of aromatic nitrogens is 3. The van der Waals surface area contributed by atoms with Crippen molar-refractivity contribution in [2.45, 2.75) is 18.4 Å². The number of hydrogen-bond acceptors (Lipinski definition) is 5. The molecule has 182 valence electrons. The van der Waals surface area contributed by atoms with E-state index in [1.165, 1.54) is 59.2 Å². The molecule has 4 aromatic rings. The zero-order valence-corrected chi connectivity index (χ0v) is 19.6. The van der Waals surface area contributed by atoms with E-state index in [9.17, 15) is 18.7 Å². The molecule has 0 bridgehead atoms. The van der Waals surface area contributed by atoms with Gasteiger partial charge in [-0.15, -0.1) is 5.10 Å². The largest absolute Gasteiger partial charge is 0.379 e. The quantitative estimate of drug-likeness (QED) is 0.339. The summed E-state index contributed by atoms with van der Waals surface area (Å²) in [6, 6.07) is 10.8. The third kappa shape index (κ3) is 4.64. The first-order valence-electron chi connectivity index (χ1n) is 10.2. The lowest BCUT2D eigenvalue weighted by molar-refractivity contribution is -0.173. The predicted octanol–water partition coefficient (Wildman–Crippen LogP) is 4.70. The predicted molar refractivity (Wildman–Crippen MR) is 126 cm³/mol. The van der Waals surface area contributed by atoms with Crippen molar-refractivity contribution in [3.05, 3.63) is 81.7 Å². The number of halogens is 5. The minimum Gasteiger partial charge on any atom is -0.379 e. The molecule has 1 atom stereocenters. The van der Waals surface area contributed by atoms with Crippen LogP contribution in [0.25, 0.3) is 16.8 Å². The fourth-order valence-electron chi connectivity index (χ4n) is 3.49. The smallest absolute Gasteiger partial charge is 0.296 e. The van der Waals surface area contributed by atoms with Crippen LogP contribution in [-0.2, 0) is 5.60 Å². The van der Waals surface area contributed by atoms with E-state index in [1.807, 2.05) is 5.32 Å². The van der Waals surface area contributed by atoms with Gasteiger partial charge in [0.1, 0.15) is 5.82 Å². The number of fused-ring (bicyclic) bond motifs is 1. The monoisotopic (exact) mass is 523 g/mol. The third-order valence-electron chi connectivity index (χ3n) is 5.57. The first-order chi connectivity index (χ1) is 16.4. The number of carbonyl (C=O) groups excluding carboxylic acids is 1. The number of nitrogens with two attached hydrogens (primary N) is 1. The Morgan fingerprint density at radius 2 is 1.86 bits per heavy atom. The number of pyridine rings is 1. The van der Waals surface area contributed by atoms with E-state index in [-0.39, 0.29) is 22.1 Å². The topological polar surface area (TPSA) is 106 Å². The molecule has 2 aromatic heterocycles. The average Bonchev–Trinajstić information content (AvgIpc) is 3.17. The van der Waals surface area contributed by atoms with Crippen molar-refractivity contribution in [3.63, 3.8) is 0 Å². The maximum absolute atomic E-state index is 15.4. The maximum Gasteiger partial charge on any atom is 0.296 e. The molecule has 1 unspecified atom stereocenters. The number of alkyl halides is 2. The number of amides is 1. The van der Waals surface area contributed by atoms with Crippen molar-refractivity contribution in [1.29, 1.82) is 0 Å². The number of nitrogen functional groups attached to an aromatic ring is 1. The second-order valence-corrected chi connectivity index (χ2v) is 8.78. The molecule has 2 heterocycles. The van der Waals surface area contributed by atoms with Crippen LogP contribution in [0.2, 0.25) is 10.0 Å². The molecule has 2 aromatic carbocycles. The Labute approximate surface area is 207 Å². The summed E-state index contributed by atoms with van der Waals surface area (Å²) in [4.78, 5) is 16.7. The molecule has 0 saturated heterocycles. The van der Waals surface area contributed by atoms with E-state index in [4.69, 9.17) is 28.9 Å². The van der Waals surface area contributed by atoms with Crippen LogP contribution in [0.4, 0.5) is 19.1 Å². The zero-order valence-electron chi connectivity index (χ0n) is 18.1. The molecule has 0 radical (unpaired) electrons. The molecule has 1 amide bonds. The van der Waals surface area contributed by atoms with Gasteiger partial charge in [-0.05, 0) is 54.4 Å². The fraction of sp³-hybridized carbons (Fsp3) is 0.174. The van der Waals surface area contributed by atoms with Gasteiger partial charge in [0, 0.05) is 16.8 Å². The molecular formula is C23H18Cl2F3N5O2. The summed E-state index contributed by atoms with van der Waals surface area (Å²) < 4.78 is 46.6. The molecule has 0 fully saturated rings. The van der Waals surface area contributed by atoms with Crippen LogP contribution in [-0.4, -0.2) is 38.1 Å². The number of nitrogens with zero attached hydrogens (tertiary/aromatic N) is 3. The van der Waals surface area contributed by atoms with Crippen LogP contribution in [0.1, 0.15) is 22.8 Å². The number of carbonyl (C=O) groups is 1. The van der Waals surface area contributed by atoms with Gasteiger partial charge in [0.2, 0.25) is 5.95 Å². The van der Waals surface area contributed by atoms with E-state index in [0.717, 1.165) is 6.92 Å².